The van der Waals surface area contributed by atoms with Gasteiger partial charge in [0.1, 0.15) is 0 Å². The Hall–Kier alpha value is -2.14. The predicted molar refractivity (Wildman–Crippen MR) is 93.9 cm³/mol. The first-order valence-corrected chi connectivity index (χ1v) is 9.99. The number of nitrogens with zero attached hydrogens (tertiary/aromatic N) is 1. The minimum Gasteiger partial charge on any atom is -0.339 e. The second-order valence-electron chi connectivity index (χ2n) is 6.25. The lowest BCUT2D eigenvalue weighted by Crippen LogP contribution is -2.38. The van der Waals surface area contributed by atoms with Crippen LogP contribution < -0.4 is 0 Å². The lowest BCUT2D eigenvalue weighted by Gasteiger charge is -2.32. The molecule has 0 bridgehead atoms. The highest BCUT2D eigenvalue weighted by Crippen LogP contribution is 2.29. The molecule has 24 heavy (non-hydrogen) atoms. The van der Waals surface area contributed by atoms with Gasteiger partial charge in [0, 0.05) is 19.3 Å². The van der Waals surface area contributed by atoms with Gasteiger partial charge in [-0.2, -0.15) is 0 Å². The minimum absolute atomic E-state index is 0.111. The van der Waals surface area contributed by atoms with Gasteiger partial charge >= 0.3 is 0 Å². The van der Waals surface area contributed by atoms with Gasteiger partial charge in [0.15, 0.2) is 9.84 Å². The lowest BCUT2D eigenvalue weighted by atomic mass is 9.89. The van der Waals surface area contributed by atoms with Crippen LogP contribution in [-0.4, -0.2) is 38.6 Å². The summed E-state index contributed by atoms with van der Waals surface area (Å²) >= 11 is 0. The average Bonchev–Trinajstić information content (AvgIpc) is 2.61. The molecule has 2 aromatic rings. The van der Waals surface area contributed by atoms with Gasteiger partial charge in [-0.25, -0.2) is 8.42 Å². The molecule has 1 saturated heterocycles. The molecule has 0 atom stereocenters. The van der Waals surface area contributed by atoms with Crippen molar-refractivity contribution in [1.82, 2.24) is 4.90 Å². The fourth-order valence-electron chi connectivity index (χ4n) is 3.28. The maximum absolute atomic E-state index is 12.8. The Morgan fingerprint density at radius 3 is 2.17 bits per heavy atom. The van der Waals surface area contributed by atoms with Gasteiger partial charge in [0.2, 0.25) is 0 Å². The Kier molecular flexibility index (Phi) is 4.71. The summed E-state index contributed by atoms with van der Waals surface area (Å²) in [5, 5.41) is 0. The number of hydrogen-bond acceptors (Lipinski definition) is 3. The topological polar surface area (TPSA) is 54.5 Å². The van der Waals surface area contributed by atoms with Gasteiger partial charge in [-0.3, -0.25) is 4.79 Å². The van der Waals surface area contributed by atoms with Crippen LogP contribution in [0, 0.1) is 0 Å². The maximum Gasteiger partial charge on any atom is 0.255 e. The molecule has 0 aromatic heterocycles. The van der Waals surface area contributed by atoms with Gasteiger partial charge in [-0.1, -0.05) is 42.5 Å². The molecule has 2 aromatic carbocycles. The Balaban J connectivity index is 1.75. The largest absolute Gasteiger partial charge is 0.339 e. The maximum atomic E-state index is 12.8. The van der Waals surface area contributed by atoms with Crippen molar-refractivity contribution < 1.29 is 13.2 Å². The highest BCUT2D eigenvalue weighted by atomic mass is 32.2. The molecule has 0 N–H and O–H groups in total. The van der Waals surface area contributed by atoms with E-state index in [9.17, 15) is 13.2 Å². The van der Waals surface area contributed by atoms with Gasteiger partial charge in [-0.15, -0.1) is 0 Å². The van der Waals surface area contributed by atoms with Crippen LogP contribution in [0.15, 0.2) is 59.5 Å². The van der Waals surface area contributed by atoms with Crippen LogP contribution in [0.25, 0.3) is 0 Å². The fourth-order valence-corrected chi connectivity index (χ4v) is 4.16. The van der Waals surface area contributed by atoms with Crippen LogP contribution in [0.3, 0.4) is 0 Å². The first-order valence-electron chi connectivity index (χ1n) is 8.10. The molecule has 3 rings (SSSR count). The second kappa shape index (κ2) is 6.77. The molecule has 0 radical (unpaired) electrons. The molecular weight excluding hydrogens is 322 g/mol. The smallest absolute Gasteiger partial charge is 0.255 e. The van der Waals surface area contributed by atoms with Crippen molar-refractivity contribution in [3.8, 4) is 0 Å². The van der Waals surface area contributed by atoms with E-state index >= 15 is 0 Å². The number of amides is 1. The number of benzene rings is 2. The normalized spacial score (nSPS) is 16.1. The zero-order chi connectivity index (χ0) is 17.2. The van der Waals surface area contributed by atoms with Crippen LogP contribution in [0.5, 0.6) is 0 Å². The molecule has 4 nitrogen and oxygen atoms in total. The number of rotatable bonds is 3. The van der Waals surface area contributed by atoms with Crippen molar-refractivity contribution >= 4 is 15.7 Å². The number of carbonyl (C=O) groups excluding carboxylic acids is 1. The fraction of sp³-hybridized carbons (Fsp3) is 0.316. The average molecular weight is 343 g/mol. The molecule has 5 heteroatoms. The summed E-state index contributed by atoms with van der Waals surface area (Å²) < 4.78 is 23.8. The van der Waals surface area contributed by atoms with E-state index in [-0.39, 0.29) is 16.4 Å². The van der Waals surface area contributed by atoms with Gasteiger partial charge in [0.05, 0.1) is 10.5 Å². The summed E-state index contributed by atoms with van der Waals surface area (Å²) in [6.45, 7) is 1.30. The first-order chi connectivity index (χ1) is 11.5. The zero-order valence-corrected chi connectivity index (χ0v) is 14.5. The van der Waals surface area contributed by atoms with Crippen LogP contribution in [-0.2, 0) is 9.84 Å². The van der Waals surface area contributed by atoms with Crippen molar-refractivity contribution in [2.45, 2.75) is 23.7 Å². The van der Waals surface area contributed by atoms with E-state index in [2.05, 4.69) is 12.1 Å². The molecule has 126 valence electrons. The number of piperidine rings is 1. The van der Waals surface area contributed by atoms with Crippen molar-refractivity contribution in [2.24, 2.45) is 0 Å². The SMILES string of the molecule is CS(=O)(=O)c1ccccc1C(=O)N1CCC(c2ccccc2)CC1. The van der Waals surface area contributed by atoms with Gasteiger partial charge in [-0.05, 0) is 36.5 Å². The molecule has 0 aliphatic carbocycles. The Labute approximate surface area is 143 Å². The van der Waals surface area contributed by atoms with Crippen LogP contribution >= 0.6 is 0 Å². The van der Waals surface area contributed by atoms with Crippen molar-refractivity contribution in [1.29, 1.82) is 0 Å². The van der Waals surface area contributed by atoms with Crippen molar-refractivity contribution in [2.75, 3.05) is 19.3 Å². The third kappa shape index (κ3) is 3.51. The van der Waals surface area contributed by atoms with Crippen molar-refractivity contribution in [3.05, 3.63) is 65.7 Å². The molecule has 1 aliphatic heterocycles. The van der Waals surface area contributed by atoms with Crippen LogP contribution in [0.2, 0.25) is 0 Å². The lowest BCUT2D eigenvalue weighted by molar-refractivity contribution is 0.0709. The molecule has 1 aliphatic rings. The number of hydrogen-bond donors (Lipinski definition) is 0. The Bertz CT molecular complexity index is 823. The zero-order valence-electron chi connectivity index (χ0n) is 13.7. The summed E-state index contributed by atoms with van der Waals surface area (Å²) in [4.78, 5) is 14.7. The number of likely N-dealkylation sites (tertiary alicyclic amines) is 1. The molecule has 1 amide bonds. The number of sulfone groups is 1. The quantitative estimate of drug-likeness (QED) is 0.860. The van der Waals surface area contributed by atoms with E-state index in [0.29, 0.717) is 19.0 Å². The van der Waals surface area contributed by atoms with E-state index in [0.717, 1.165) is 19.1 Å². The molecule has 0 unspecified atom stereocenters. The molecule has 0 spiro atoms. The molecule has 1 fully saturated rings. The summed E-state index contributed by atoms with van der Waals surface area (Å²) in [6.07, 6.45) is 2.94. The second-order valence-corrected chi connectivity index (χ2v) is 8.23. The summed E-state index contributed by atoms with van der Waals surface area (Å²) in [5.41, 5.74) is 1.58. The third-order valence-corrected chi connectivity index (χ3v) is 5.73. The molecular formula is C19H21NO3S. The van der Waals surface area contributed by atoms with E-state index in [4.69, 9.17) is 0 Å². The monoisotopic (exact) mass is 343 g/mol. The highest BCUT2D eigenvalue weighted by Gasteiger charge is 2.27. The third-order valence-electron chi connectivity index (χ3n) is 4.57. The summed E-state index contributed by atoms with van der Waals surface area (Å²) in [6, 6.07) is 16.8. The number of carbonyl (C=O) groups is 1. The van der Waals surface area contributed by atoms with E-state index in [1.807, 2.05) is 18.2 Å². The van der Waals surface area contributed by atoms with E-state index in [1.54, 1.807) is 23.1 Å². The van der Waals surface area contributed by atoms with Crippen LogP contribution in [0.1, 0.15) is 34.7 Å². The van der Waals surface area contributed by atoms with Gasteiger partial charge in [0.25, 0.3) is 5.91 Å². The Morgan fingerprint density at radius 1 is 0.958 bits per heavy atom. The Morgan fingerprint density at radius 2 is 1.54 bits per heavy atom. The van der Waals surface area contributed by atoms with Crippen LogP contribution in [0.4, 0.5) is 0 Å². The van der Waals surface area contributed by atoms with E-state index < -0.39 is 9.84 Å². The molecule has 1 heterocycles. The summed E-state index contributed by atoms with van der Waals surface area (Å²) in [7, 11) is -3.42. The summed E-state index contributed by atoms with van der Waals surface area (Å²) in [5.74, 6) is 0.267. The predicted octanol–water partition coefficient (Wildman–Crippen LogP) is 3.11. The highest BCUT2D eigenvalue weighted by molar-refractivity contribution is 7.90. The standard InChI is InChI=1S/C19H21NO3S/c1-24(22,23)18-10-6-5-9-17(18)19(21)20-13-11-16(12-14-20)15-7-3-2-4-8-15/h2-10,16H,11-14H2,1H3. The van der Waals surface area contributed by atoms with E-state index in [1.165, 1.54) is 11.6 Å². The van der Waals surface area contributed by atoms with Crippen molar-refractivity contribution in [3.63, 3.8) is 0 Å². The first kappa shape index (κ1) is 16.7. The minimum atomic E-state index is -3.42. The van der Waals surface area contributed by atoms with Gasteiger partial charge < -0.3 is 4.90 Å². The molecule has 0 saturated carbocycles.